The Morgan fingerprint density at radius 2 is 2.00 bits per heavy atom. The van der Waals surface area contributed by atoms with Gasteiger partial charge in [0.05, 0.1) is 18.2 Å². The van der Waals surface area contributed by atoms with Crippen molar-refractivity contribution in [3.8, 4) is 17.2 Å². The zero-order valence-corrected chi connectivity index (χ0v) is 18.4. The Balaban J connectivity index is 1.42. The fourth-order valence-corrected chi connectivity index (χ4v) is 4.23. The minimum Gasteiger partial charge on any atom is -0.495 e. The smallest absolute Gasteiger partial charge is 0.410 e. The summed E-state index contributed by atoms with van der Waals surface area (Å²) < 4.78 is 58.3. The standard InChI is InChI=1S/C22H18ClF3N4O4/c1-32-16-5-3-12(7-13(16)23)27-21(31)15-9-20-28-14(8-19(22(24,25)26)30(20)29-15)11-2-4-17-18(6-11)34-10-33-17/h2-7,9,14,19,28H,8,10H2,1H3,(H,27,31)/t14-,19+/m1/s1. The largest absolute Gasteiger partial charge is 0.495 e. The summed E-state index contributed by atoms with van der Waals surface area (Å²) in [6, 6.07) is 8.29. The molecule has 2 atom stereocenters. The maximum absolute atomic E-state index is 13.9. The molecule has 2 N–H and O–H groups in total. The number of halogens is 4. The first kappa shape index (κ1) is 22.2. The molecule has 0 saturated heterocycles. The number of rotatable bonds is 4. The Morgan fingerprint density at radius 1 is 1.21 bits per heavy atom. The lowest BCUT2D eigenvalue weighted by molar-refractivity contribution is -0.173. The van der Waals surface area contributed by atoms with E-state index >= 15 is 0 Å². The zero-order chi connectivity index (χ0) is 24.0. The minimum atomic E-state index is -4.57. The average molecular weight is 495 g/mol. The molecule has 2 aliphatic heterocycles. The van der Waals surface area contributed by atoms with Gasteiger partial charge < -0.3 is 24.8 Å². The van der Waals surface area contributed by atoms with E-state index in [2.05, 4.69) is 15.7 Å². The van der Waals surface area contributed by atoms with Gasteiger partial charge in [-0.2, -0.15) is 18.3 Å². The summed E-state index contributed by atoms with van der Waals surface area (Å²) in [4.78, 5) is 12.7. The number of nitrogens with zero attached hydrogens (tertiary/aromatic N) is 2. The summed E-state index contributed by atoms with van der Waals surface area (Å²) >= 11 is 6.07. The zero-order valence-electron chi connectivity index (χ0n) is 17.6. The summed E-state index contributed by atoms with van der Waals surface area (Å²) in [5.74, 6) is 0.832. The van der Waals surface area contributed by atoms with Crippen LogP contribution < -0.4 is 24.8 Å². The molecule has 12 heteroatoms. The predicted molar refractivity (Wildman–Crippen MR) is 117 cm³/mol. The Morgan fingerprint density at radius 3 is 2.74 bits per heavy atom. The van der Waals surface area contributed by atoms with E-state index < -0.39 is 24.2 Å². The highest BCUT2D eigenvalue weighted by Gasteiger charge is 2.47. The van der Waals surface area contributed by atoms with Gasteiger partial charge in [-0.05, 0) is 35.9 Å². The van der Waals surface area contributed by atoms with Crippen molar-refractivity contribution in [3.63, 3.8) is 0 Å². The molecule has 2 aromatic carbocycles. The monoisotopic (exact) mass is 494 g/mol. The van der Waals surface area contributed by atoms with Crippen molar-refractivity contribution in [3.05, 3.63) is 58.7 Å². The number of nitrogens with one attached hydrogen (secondary N) is 2. The van der Waals surface area contributed by atoms with Crippen molar-refractivity contribution in [2.75, 3.05) is 24.5 Å². The molecule has 1 amide bonds. The molecule has 0 unspecified atom stereocenters. The number of hydrogen-bond donors (Lipinski definition) is 2. The number of carbonyl (C=O) groups excluding carboxylic acids is 1. The van der Waals surface area contributed by atoms with Gasteiger partial charge in [-0.3, -0.25) is 4.79 Å². The van der Waals surface area contributed by atoms with E-state index in [-0.39, 0.29) is 29.7 Å². The van der Waals surface area contributed by atoms with Gasteiger partial charge in [0.25, 0.3) is 5.91 Å². The fraction of sp³-hybridized carbons (Fsp3) is 0.273. The molecule has 0 fully saturated rings. The Bertz CT molecular complexity index is 1260. The van der Waals surface area contributed by atoms with Gasteiger partial charge >= 0.3 is 6.18 Å². The fourth-order valence-electron chi connectivity index (χ4n) is 3.97. The maximum atomic E-state index is 13.9. The molecule has 2 aliphatic rings. The summed E-state index contributed by atoms with van der Waals surface area (Å²) in [6.45, 7) is 0.0622. The van der Waals surface area contributed by atoms with Crippen molar-refractivity contribution < 1.29 is 32.2 Å². The number of hydrogen-bond acceptors (Lipinski definition) is 6. The van der Waals surface area contributed by atoms with Crippen molar-refractivity contribution in [1.29, 1.82) is 0 Å². The minimum absolute atomic E-state index is 0.0622. The lowest BCUT2D eigenvalue weighted by Crippen LogP contribution is -2.35. The number of methoxy groups -OCH3 is 1. The van der Waals surface area contributed by atoms with Crippen LogP contribution in [0.3, 0.4) is 0 Å². The molecule has 0 aliphatic carbocycles. The van der Waals surface area contributed by atoms with Gasteiger partial charge in [-0.25, -0.2) is 4.68 Å². The van der Waals surface area contributed by atoms with Crippen LogP contribution in [0.25, 0.3) is 0 Å². The molecule has 5 rings (SSSR count). The Hall–Kier alpha value is -3.60. The third-order valence-corrected chi connectivity index (χ3v) is 5.93. The van der Waals surface area contributed by atoms with Gasteiger partial charge in [0, 0.05) is 18.2 Å². The van der Waals surface area contributed by atoms with E-state index in [0.717, 1.165) is 4.68 Å². The molecule has 178 valence electrons. The van der Waals surface area contributed by atoms with Crippen LogP contribution >= 0.6 is 11.6 Å². The van der Waals surface area contributed by atoms with Crippen molar-refractivity contribution >= 4 is 29.0 Å². The lowest BCUT2D eigenvalue weighted by atomic mass is 9.96. The SMILES string of the molecule is COc1ccc(NC(=O)c2cc3n(n2)[C@H](C(F)(F)F)C[C@H](c2ccc4c(c2)OCO4)N3)cc1Cl. The van der Waals surface area contributed by atoms with Crippen LogP contribution in [0.15, 0.2) is 42.5 Å². The highest BCUT2D eigenvalue weighted by Crippen LogP contribution is 2.45. The number of carbonyl (C=O) groups is 1. The number of anilines is 2. The molecular formula is C22H18ClF3N4O4. The Labute approximate surface area is 196 Å². The first-order valence-corrected chi connectivity index (χ1v) is 10.6. The van der Waals surface area contributed by atoms with Crippen LogP contribution in [-0.2, 0) is 0 Å². The molecular weight excluding hydrogens is 477 g/mol. The van der Waals surface area contributed by atoms with E-state index in [1.165, 1.54) is 19.2 Å². The molecule has 0 bridgehead atoms. The van der Waals surface area contributed by atoms with Gasteiger partial charge in [-0.1, -0.05) is 17.7 Å². The molecule has 0 saturated carbocycles. The van der Waals surface area contributed by atoms with Crippen LogP contribution in [0, 0.1) is 0 Å². The number of fused-ring (bicyclic) bond motifs is 2. The molecule has 8 nitrogen and oxygen atoms in total. The van der Waals surface area contributed by atoms with Crippen LogP contribution in [0.1, 0.15) is 34.6 Å². The summed E-state index contributed by atoms with van der Waals surface area (Å²) in [6.07, 6.45) is -4.89. The number of benzene rings is 2. The molecule has 1 aromatic heterocycles. The van der Waals surface area contributed by atoms with Gasteiger partial charge in [0.2, 0.25) is 6.79 Å². The highest BCUT2D eigenvalue weighted by molar-refractivity contribution is 6.32. The van der Waals surface area contributed by atoms with Crippen LogP contribution in [0.2, 0.25) is 5.02 Å². The molecule has 0 radical (unpaired) electrons. The quantitative estimate of drug-likeness (QED) is 0.519. The van der Waals surface area contributed by atoms with Gasteiger partial charge in [0.1, 0.15) is 11.6 Å². The highest BCUT2D eigenvalue weighted by atomic mass is 35.5. The third kappa shape index (κ3) is 4.07. The van der Waals surface area contributed by atoms with Crippen molar-refractivity contribution in [2.24, 2.45) is 0 Å². The first-order valence-electron chi connectivity index (χ1n) is 10.2. The van der Waals surface area contributed by atoms with Gasteiger partial charge in [0.15, 0.2) is 23.2 Å². The molecule has 3 aromatic rings. The summed E-state index contributed by atoms with van der Waals surface area (Å²) in [7, 11) is 1.45. The molecule has 3 heterocycles. The van der Waals surface area contributed by atoms with E-state index in [4.69, 9.17) is 25.8 Å². The van der Waals surface area contributed by atoms with Crippen LogP contribution in [0.5, 0.6) is 17.2 Å². The van der Waals surface area contributed by atoms with Crippen molar-refractivity contribution in [2.45, 2.75) is 24.7 Å². The normalized spacial score (nSPS) is 18.7. The lowest BCUT2D eigenvalue weighted by Gasteiger charge is -2.33. The maximum Gasteiger partial charge on any atom is 0.410 e. The average Bonchev–Trinajstić information content (AvgIpc) is 3.44. The van der Waals surface area contributed by atoms with E-state index in [1.54, 1.807) is 30.3 Å². The second kappa shape index (κ2) is 8.32. The second-order valence-electron chi connectivity index (χ2n) is 7.77. The summed E-state index contributed by atoms with van der Waals surface area (Å²) in [5.41, 5.74) is 0.778. The second-order valence-corrected chi connectivity index (χ2v) is 8.17. The van der Waals surface area contributed by atoms with Crippen LogP contribution in [-0.4, -0.2) is 35.8 Å². The number of alkyl halides is 3. The molecule has 34 heavy (non-hydrogen) atoms. The number of aromatic nitrogens is 2. The predicted octanol–water partition coefficient (Wildman–Crippen LogP) is 5.19. The van der Waals surface area contributed by atoms with E-state index in [9.17, 15) is 18.0 Å². The third-order valence-electron chi connectivity index (χ3n) is 5.63. The van der Waals surface area contributed by atoms with E-state index in [0.29, 0.717) is 28.5 Å². The number of amides is 1. The first-order chi connectivity index (χ1) is 16.2. The van der Waals surface area contributed by atoms with Crippen molar-refractivity contribution in [1.82, 2.24) is 9.78 Å². The van der Waals surface area contributed by atoms with Crippen LogP contribution in [0.4, 0.5) is 24.7 Å². The van der Waals surface area contributed by atoms with E-state index in [1.807, 2.05) is 0 Å². The Kier molecular flexibility index (Phi) is 5.43. The van der Waals surface area contributed by atoms with Gasteiger partial charge in [-0.15, -0.1) is 0 Å². The molecule has 0 spiro atoms. The number of ether oxygens (including phenoxy) is 3. The summed E-state index contributed by atoms with van der Waals surface area (Å²) in [5, 5.41) is 9.88. The topological polar surface area (TPSA) is 86.6 Å².